The van der Waals surface area contributed by atoms with Crippen molar-refractivity contribution in [3.8, 4) is 0 Å². The van der Waals surface area contributed by atoms with E-state index in [1.807, 2.05) is 37.3 Å². The maximum Gasteiger partial charge on any atom is 0.481 e. The Hall–Kier alpha value is -3.58. The SMILES string of the molecule is CC/C=C/CC(O)/C=C/C=C/CCCCCCCC(=O)O[C@H](COC(=O)CCCCCCCCC/C=C\C/C=C\CCCCC)COP(=O)(O)OP(=O)(O)OC[C@H]1O[C@@H](n2ccc(N)nc2=O)[C@H](O)[C@@H]1O. The molecule has 0 spiro atoms. The van der Waals surface area contributed by atoms with Gasteiger partial charge in [-0.15, -0.1) is 0 Å². The van der Waals surface area contributed by atoms with Gasteiger partial charge >= 0.3 is 33.3 Å². The highest BCUT2D eigenvalue weighted by atomic mass is 31.3. The van der Waals surface area contributed by atoms with E-state index in [0.717, 1.165) is 107 Å². The number of carbonyl (C=O) groups excluding carboxylic acids is 2. The van der Waals surface area contributed by atoms with Gasteiger partial charge in [-0.1, -0.05) is 139 Å². The number of rotatable bonds is 41. The molecule has 0 aromatic carbocycles. The molecule has 8 atom stereocenters. The van der Waals surface area contributed by atoms with Crippen molar-refractivity contribution in [3.63, 3.8) is 0 Å². The Labute approximate surface area is 420 Å². The number of esters is 2. The Morgan fingerprint density at radius 2 is 1.35 bits per heavy atom. The summed E-state index contributed by atoms with van der Waals surface area (Å²) in [5, 5.41) is 30.8. The fraction of sp³-hybridized carbons (Fsp3) is 0.680. The summed E-state index contributed by atoms with van der Waals surface area (Å²) >= 11 is 0. The van der Waals surface area contributed by atoms with E-state index in [0.29, 0.717) is 19.3 Å². The molecule has 1 aromatic heterocycles. The van der Waals surface area contributed by atoms with Crippen LogP contribution in [0.2, 0.25) is 0 Å². The molecule has 7 N–H and O–H groups in total. The summed E-state index contributed by atoms with van der Waals surface area (Å²) in [4.78, 5) is 61.9. The van der Waals surface area contributed by atoms with Gasteiger partial charge in [0.05, 0.1) is 19.3 Å². The van der Waals surface area contributed by atoms with Crippen molar-refractivity contribution in [1.29, 1.82) is 0 Å². The number of unbranched alkanes of at least 4 members (excludes halogenated alkanes) is 15. The van der Waals surface area contributed by atoms with Crippen molar-refractivity contribution >= 4 is 33.4 Å². The molecule has 404 valence electrons. The van der Waals surface area contributed by atoms with Gasteiger partial charge in [0.25, 0.3) is 0 Å². The smallest absolute Gasteiger partial charge is 0.462 e. The van der Waals surface area contributed by atoms with E-state index < -0.39 is 89.8 Å². The van der Waals surface area contributed by atoms with Crippen LogP contribution in [0.4, 0.5) is 5.82 Å². The van der Waals surface area contributed by atoms with Crippen molar-refractivity contribution in [2.24, 2.45) is 0 Å². The molecule has 1 fully saturated rings. The number of phosphoric acid groups is 2. The van der Waals surface area contributed by atoms with E-state index in [1.54, 1.807) is 6.08 Å². The number of nitrogens with zero attached hydrogens (tertiary/aromatic N) is 2. The Kier molecular flexibility index (Phi) is 34.1. The number of aliphatic hydroxyl groups is 3. The lowest BCUT2D eigenvalue weighted by molar-refractivity contribution is -0.161. The molecular formula is C50H83N3O16P2. The topological polar surface area (TPSA) is 286 Å². The van der Waals surface area contributed by atoms with E-state index in [2.05, 4.69) is 40.5 Å². The molecule has 0 saturated carbocycles. The normalized spacial score (nSPS) is 20.1. The summed E-state index contributed by atoms with van der Waals surface area (Å²) < 4.78 is 56.7. The minimum Gasteiger partial charge on any atom is -0.462 e. The zero-order chi connectivity index (χ0) is 52.2. The van der Waals surface area contributed by atoms with Gasteiger partial charge < -0.3 is 45.1 Å². The van der Waals surface area contributed by atoms with Crippen LogP contribution in [-0.4, -0.2) is 96.9 Å². The van der Waals surface area contributed by atoms with Crippen molar-refractivity contribution in [2.75, 3.05) is 25.6 Å². The first kappa shape index (κ1) is 63.5. The lowest BCUT2D eigenvalue weighted by Crippen LogP contribution is -2.36. The molecule has 0 radical (unpaired) electrons. The summed E-state index contributed by atoms with van der Waals surface area (Å²) in [6.07, 6.45) is 33.4. The summed E-state index contributed by atoms with van der Waals surface area (Å²) in [6, 6.07) is 1.24. The minimum absolute atomic E-state index is 0.000442. The summed E-state index contributed by atoms with van der Waals surface area (Å²) in [5.74, 6) is -1.37. The number of anilines is 1. The van der Waals surface area contributed by atoms with Crippen molar-refractivity contribution in [1.82, 2.24) is 9.55 Å². The molecule has 1 saturated heterocycles. The van der Waals surface area contributed by atoms with Crippen LogP contribution < -0.4 is 11.4 Å². The maximum atomic E-state index is 12.9. The van der Waals surface area contributed by atoms with Gasteiger partial charge in [0.1, 0.15) is 30.7 Å². The minimum atomic E-state index is -5.44. The third kappa shape index (κ3) is 30.9. The molecule has 21 heteroatoms. The van der Waals surface area contributed by atoms with Crippen LogP contribution in [0, 0.1) is 0 Å². The van der Waals surface area contributed by atoms with Gasteiger partial charge in [0, 0.05) is 19.0 Å². The van der Waals surface area contributed by atoms with Gasteiger partial charge in [-0.3, -0.25) is 23.2 Å². The van der Waals surface area contributed by atoms with E-state index in [-0.39, 0.29) is 18.7 Å². The maximum absolute atomic E-state index is 12.9. The molecule has 1 aromatic rings. The Morgan fingerprint density at radius 3 is 1.99 bits per heavy atom. The number of hydrogen-bond acceptors (Lipinski definition) is 16. The van der Waals surface area contributed by atoms with E-state index in [1.165, 1.54) is 25.3 Å². The molecule has 2 heterocycles. The number of aliphatic hydroxyl groups excluding tert-OH is 3. The first-order chi connectivity index (χ1) is 34.1. The Balaban J connectivity index is 1.82. The second-order valence-corrected chi connectivity index (χ2v) is 20.5. The quantitative estimate of drug-likeness (QED) is 0.0117. The van der Waals surface area contributed by atoms with Crippen LogP contribution in [0.1, 0.15) is 168 Å². The standard InChI is InChI=1S/C50H83N3O16P2/c1-3-5-7-8-9-10-11-12-13-14-15-16-17-20-23-26-30-34-45(55)64-38-42(67-46(56)35-31-27-24-21-18-19-22-25-29-33-41(54)32-28-6-4-2)39-65-70(60,61)69-71(62,63)66-40-43-47(57)48(58)49(68-43)53-37-36-44(51)52-50(53)59/h6,9-10,12-13,22,25,28-29,33,36-37,41-43,47-49,54,57-58H,3-5,7-8,11,14-21,23-24,26-27,30-32,34-35,38-40H2,1-2H3,(H,60,61)(H,62,63)(H2,51,52,59)/b10-9-,13-12-,25-22+,28-6+,33-29+/t41?,42-,43-,47-,48-,49-/m1/s1. The molecule has 3 unspecified atom stereocenters. The van der Waals surface area contributed by atoms with Crippen LogP contribution in [0.3, 0.4) is 0 Å². The third-order valence-corrected chi connectivity index (χ3v) is 13.8. The van der Waals surface area contributed by atoms with Gasteiger partial charge in [-0.25, -0.2) is 13.9 Å². The zero-order valence-corrected chi connectivity index (χ0v) is 43.7. The van der Waals surface area contributed by atoms with Gasteiger partial charge in [-0.05, 0) is 76.7 Å². The average Bonchev–Trinajstić information content (AvgIpc) is 3.60. The number of hydrogen-bond donors (Lipinski definition) is 6. The largest absolute Gasteiger partial charge is 0.481 e. The van der Waals surface area contributed by atoms with Crippen molar-refractivity contribution < 1.29 is 71.4 Å². The van der Waals surface area contributed by atoms with E-state index in [9.17, 15) is 48.6 Å². The van der Waals surface area contributed by atoms with Crippen LogP contribution in [-0.2, 0) is 46.3 Å². The average molecular weight is 1040 g/mol. The number of ether oxygens (including phenoxy) is 3. The second kappa shape index (κ2) is 38.1. The predicted molar refractivity (Wildman–Crippen MR) is 272 cm³/mol. The van der Waals surface area contributed by atoms with Crippen LogP contribution in [0.25, 0.3) is 0 Å². The molecule has 2 rings (SSSR count). The first-order valence-corrected chi connectivity index (χ1v) is 28.4. The van der Waals surface area contributed by atoms with Gasteiger partial charge in [0.2, 0.25) is 0 Å². The number of allylic oxidation sites excluding steroid dienone is 8. The lowest BCUT2D eigenvalue weighted by Gasteiger charge is -2.21. The Morgan fingerprint density at radius 1 is 0.761 bits per heavy atom. The van der Waals surface area contributed by atoms with Crippen molar-refractivity contribution in [3.05, 3.63) is 83.5 Å². The highest BCUT2D eigenvalue weighted by molar-refractivity contribution is 7.61. The van der Waals surface area contributed by atoms with Gasteiger partial charge in [-0.2, -0.15) is 9.29 Å². The van der Waals surface area contributed by atoms with Crippen LogP contribution in [0.15, 0.2) is 77.8 Å². The summed E-state index contributed by atoms with van der Waals surface area (Å²) in [7, 11) is -10.9. The number of phosphoric ester groups is 2. The Bertz CT molecular complexity index is 1940. The van der Waals surface area contributed by atoms with Crippen LogP contribution in [0.5, 0.6) is 0 Å². The van der Waals surface area contributed by atoms with E-state index >= 15 is 0 Å². The molecule has 1 aliphatic heterocycles. The zero-order valence-electron chi connectivity index (χ0n) is 41.9. The molecule has 19 nitrogen and oxygen atoms in total. The molecule has 0 aliphatic carbocycles. The monoisotopic (exact) mass is 1040 g/mol. The number of carbonyl (C=O) groups is 2. The number of nitrogen functional groups attached to an aromatic ring is 1. The fourth-order valence-corrected chi connectivity index (χ4v) is 9.31. The summed E-state index contributed by atoms with van der Waals surface area (Å²) in [5.41, 5.74) is 4.58. The molecule has 0 bridgehead atoms. The summed E-state index contributed by atoms with van der Waals surface area (Å²) in [6.45, 7) is 1.88. The molecular weight excluding hydrogens is 961 g/mol. The first-order valence-electron chi connectivity index (χ1n) is 25.4. The number of nitrogens with two attached hydrogens (primary N) is 1. The predicted octanol–water partition coefficient (Wildman–Crippen LogP) is 9.30. The van der Waals surface area contributed by atoms with E-state index in [4.69, 9.17) is 29.0 Å². The van der Waals surface area contributed by atoms with Gasteiger partial charge in [0.15, 0.2) is 12.3 Å². The molecule has 1 aliphatic rings. The number of aromatic nitrogens is 2. The highest BCUT2D eigenvalue weighted by Gasteiger charge is 2.46. The third-order valence-electron chi connectivity index (χ3n) is 11.2. The van der Waals surface area contributed by atoms with Crippen LogP contribution >= 0.6 is 15.6 Å². The second-order valence-electron chi connectivity index (χ2n) is 17.5. The molecule has 0 amide bonds. The van der Waals surface area contributed by atoms with Crippen molar-refractivity contribution in [2.45, 2.75) is 198 Å². The highest BCUT2D eigenvalue weighted by Crippen LogP contribution is 2.60. The fourth-order valence-electron chi connectivity index (χ4n) is 7.20. The lowest BCUT2D eigenvalue weighted by atomic mass is 10.1. The molecule has 71 heavy (non-hydrogen) atoms.